The summed E-state index contributed by atoms with van der Waals surface area (Å²) in [5.41, 5.74) is 6.00. The first-order chi connectivity index (χ1) is 7.78. The van der Waals surface area contributed by atoms with Gasteiger partial charge in [0, 0.05) is 6.04 Å². The van der Waals surface area contributed by atoms with Crippen molar-refractivity contribution in [3.8, 4) is 0 Å². The lowest BCUT2D eigenvalue weighted by atomic mass is 9.85. The minimum atomic E-state index is 0.393. The Balaban J connectivity index is 1.75. The van der Waals surface area contributed by atoms with Crippen molar-refractivity contribution in [3.63, 3.8) is 0 Å². The highest BCUT2D eigenvalue weighted by atomic mass is 16.5. The molecule has 0 aromatic heterocycles. The van der Waals surface area contributed by atoms with Gasteiger partial charge in [-0.15, -0.1) is 0 Å². The van der Waals surface area contributed by atoms with Gasteiger partial charge in [0.05, 0.1) is 12.2 Å². The van der Waals surface area contributed by atoms with Gasteiger partial charge in [-0.1, -0.05) is 26.2 Å². The number of hydrogen-bond donors (Lipinski definition) is 1. The van der Waals surface area contributed by atoms with Crippen molar-refractivity contribution in [1.29, 1.82) is 0 Å². The van der Waals surface area contributed by atoms with Crippen LogP contribution in [0.1, 0.15) is 64.7 Å². The van der Waals surface area contributed by atoms with Crippen LogP contribution in [-0.2, 0) is 4.74 Å². The van der Waals surface area contributed by atoms with Crippen LogP contribution in [-0.4, -0.2) is 18.2 Å². The maximum atomic E-state index is 6.25. The van der Waals surface area contributed by atoms with Crippen molar-refractivity contribution in [1.82, 2.24) is 0 Å². The molecule has 4 unspecified atom stereocenters. The zero-order chi connectivity index (χ0) is 11.4. The second kappa shape index (κ2) is 6.02. The van der Waals surface area contributed by atoms with Crippen molar-refractivity contribution in [2.75, 3.05) is 0 Å². The topological polar surface area (TPSA) is 35.2 Å². The van der Waals surface area contributed by atoms with Gasteiger partial charge in [0.15, 0.2) is 0 Å². The highest BCUT2D eigenvalue weighted by molar-refractivity contribution is 4.79. The molecule has 0 amide bonds. The number of ether oxygens (including phenoxy) is 1. The van der Waals surface area contributed by atoms with Gasteiger partial charge in [0.25, 0.3) is 0 Å². The summed E-state index contributed by atoms with van der Waals surface area (Å²) < 4.78 is 6.25. The zero-order valence-corrected chi connectivity index (χ0v) is 10.7. The van der Waals surface area contributed by atoms with Crippen LogP contribution in [0.25, 0.3) is 0 Å². The third-order valence-corrected chi connectivity index (χ3v) is 4.36. The van der Waals surface area contributed by atoms with E-state index in [0.717, 1.165) is 12.3 Å². The molecule has 0 spiro atoms. The molecule has 0 aromatic rings. The van der Waals surface area contributed by atoms with Crippen LogP contribution in [0.3, 0.4) is 0 Å². The fourth-order valence-electron chi connectivity index (χ4n) is 3.31. The van der Waals surface area contributed by atoms with E-state index >= 15 is 0 Å². The van der Waals surface area contributed by atoms with E-state index in [1.165, 1.54) is 51.4 Å². The smallest absolute Gasteiger partial charge is 0.0593 e. The third kappa shape index (κ3) is 3.46. The van der Waals surface area contributed by atoms with Gasteiger partial charge < -0.3 is 10.5 Å². The second-order valence-electron chi connectivity index (χ2n) is 5.75. The Morgan fingerprint density at radius 3 is 2.38 bits per heavy atom. The Hall–Kier alpha value is -0.0800. The van der Waals surface area contributed by atoms with Crippen LogP contribution in [0, 0.1) is 5.92 Å². The van der Waals surface area contributed by atoms with Crippen molar-refractivity contribution in [3.05, 3.63) is 0 Å². The largest absolute Gasteiger partial charge is 0.375 e. The molecular weight excluding hydrogens is 198 g/mol. The van der Waals surface area contributed by atoms with E-state index in [0.29, 0.717) is 18.2 Å². The Morgan fingerprint density at radius 2 is 1.69 bits per heavy atom. The Kier molecular flexibility index (Phi) is 4.66. The molecule has 2 saturated carbocycles. The summed E-state index contributed by atoms with van der Waals surface area (Å²) in [5, 5.41) is 0. The average molecular weight is 225 g/mol. The molecule has 16 heavy (non-hydrogen) atoms. The van der Waals surface area contributed by atoms with E-state index in [4.69, 9.17) is 10.5 Å². The van der Waals surface area contributed by atoms with Crippen molar-refractivity contribution in [2.24, 2.45) is 11.7 Å². The van der Waals surface area contributed by atoms with Crippen molar-refractivity contribution < 1.29 is 4.74 Å². The van der Waals surface area contributed by atoms with Gasteiger partial charge in [-0.3, -0.25) is 0 Å². The van der Waals surface area contributed by atoms with Gasteiger partial charge in [-0.25, -0.2) is 0 Å². The summed E-state index contributed by atoms with van der Waals surface area (Å²) in [7, 11) is 0. The highest BCUT2D eigenvalue weighted by Crippen LogP contribution is 2.31. The maximum Gasteiger partial charge on any atom is 0.0593 e. The van der Waals surface area contributed by atoms with Crippen molar-refractivity contribution in [2.45, 2.75) is 83.0 Å². The summed E-state index contributed by atoms with van der Waals surface area (Å²) in [6.45, 7) is 2.31. The summed E-state index contributed by atoms with van der Waals surface area (Å²) >= 11 is 0. The van der Waals surface area contributed by atoms with E-state index in [-0.39, 0.29) is 0 Å². The summed E-state index contributed by atoms with van der Waals surface area (Å²) in [6.07, 6.45) is 12.5. The van der Waals surface area contributed by atoms with Crippen LogP contribution in [0.5, 0.6) is 0 Å². The standard InChI is InChI=1S/C14H27NO/c1-2-11-5-3-7-13(9-11)16-14-8-4-6-12(15)10-14/h11-14H,2-10,15H2,1H3. The van der Waals surface area contributed by atoms with Crippen LogP contribution < -0.4 is 5.73 Å². The summed E-state index contributed by atoms with van der Waals surface area (Å²) in [5.74, 6) is 0.913. The molecule has 2 aliphatic carbocycles. The fourth-order valence-corrected chi connectivity index (χ4v) is 3.31. The molecule has 0 radical (unpaired) electrons. The van der Waals surface area contributed by atoms with Gasteiger partial charge in [-0.05, 0) is 44.4 Å². The number of hydrogen-bond acceptors (Lipinski definition) is 2. The molecule has 2 nitrogen and oxygen atoms in total. The lowest BCUT2D eigenvalue weighted by Crippen LogP contribution is -2.35. The van der Waals surface area contributed by atoms with Gasteiger partial charge in [-0.2, -0.15) is 0 Å². The summed E-state index contributed by atoms with van der Waals surface area (Å²) in [6, 6.07) is 0.393. The molecule has 0 aromatic carbocycles. The van der Waals surface area contributed by atoms with Crippen LogP contribution in [0.4, 0.5) is 0 Å². The third-order valence-electron chi connectivity index (χ3n) is 4.36. The summed E-state index contributed by atoms with van der Waals surface area (Å²) in [4.78, 5) is 0. The van der Waals surface area contributed by atoms with E-state index in [1.54, 1.807) is 0 Å². The predicted molar refractivity (Wildman–Crippen MR) is 67.4 cm³/mol. The SMILES string of the molecule is CCC1CCCC(OC2CCCC(N)C2)C1. The molecule has 0 aliphatic heterocycles. The quantitative estimate of drug-likeness (QED) is 0.800. The lowest BCUT2D eigenvalue weighted by molar-refractivity contribution is -0.0571. The van der Waals surface area contributed by atoms with E-state index in [9.17, 15) is 0 Å². The predicted octanol–water partition coefficient (Wildman–Crippen LogP) is 3.24. The van der Waals surface area contributed by atoms with Gasteiger partial charge in [0.2, 0.25) is 0 Å². The van der Waals surface area contributed by atoms with Crippen molar-refractivity contribution >= 4 is 0 Å². The molecule has 2 rings (SSSR count). The first kappa shape index (κ1) is 12.4. The molecule has 2 N–H and O–H groups in total. The molecule has 0 heterocycles. The van der Waals surface area contributed by atoms with E-state index < -0.39 is 0 Å². The number of nitrogens with two attached hydrogens (primary N) is 1. The monoisotopic (exact) mass is 225 g/mol. The molecule has 2 fully saturated rings. The second-order valence-corrected chi connectivity index (χ2v) is 5.75. The Labute approximate surface area is 99.9 Å². The lowest BCUT2D eigenvalue weighted by Gasteiger charge is -2.34. The molecule has 0 bridgehead atoms. The molecule has 2 heteroatoms. The fraction of sp³-hybridized carbons (Fsp3) is 1.00. The molecule has 4 atom stereocenters. The minimum Gasteiger partial charge on any atom is -0.375 e. The Bertz CT molecular complexity index is 207. The van der Waals surface area contributed by atoms with Crippen LogP contribution >= 0.6 is 0 Å². The zero-order valence-electron chi connectivity index (χ0n) is 10.7. The average Bonchev–Trinajstić information content (AvgIpc) is 2.29. The van der Waals surface area contributed by atoms with Crippen LogP contribution in [0.15, 0.2) is 0 Å². The first-order valence-electron chi connectivity index (χ1n) is 7.19. The van der Waals surface area contributed by atoms with E-state index in [2.05, 4.69) is 6.92 Å². The number of rotatable bonds is 3. The first-order valence-corrected chi connectivity index (χ1v) is 7.19. The molecule has 2 aliphatic rings. The van der Waals surface area contributed by atoms with Crippen LogP contribution in [0.2, 0.25) is 0 Å². The van der Waals surface area contributed by atoms with Gasteiger partial charge in [0.1, 0.15) is 0 Å². The molecular formula is C14H27NO. The normalized spacial score (nSPS) is 40.9. The van der Waals surface area contributed by atoms with E-state index in [1.807, 2.05) is 0 Å². The highest BCUT2D eigenvalue weighted by Gasteiger charge is 2.26. The maximum absolute atomic E-state index is 6.25. The molecule has 94 valence electrons. The minimum absolute atomic E-state index is 0.393. The van der Waals surface area contributed by atoms with Gasteiger partial charge >= 0.3 is 0 Å². The Morgan fingerprint density at radius 1 is 1.00 bits per heavy atom. The molecule has 0 saturated heterocycles.